The number of likely N-dealkylation sites (tertiary alicyclic amines) is 1. The molecule has 2 amide bonds. The lowest BCUT2D eigenvalue weighted by Crippen LogP contribution is -2.43. The Hall–Kier alpha value is -3.81. The minimum Gasteiger partial charge on any atom is -0.435 e. The minimum atomic E-state index is -2.91. The van der Waals surface area contributed by atoms with E-state index in [-0.39, 0.29) is 23.5 Å². The summed E-state index contributed by atoms with van der Waals surface area (Å²) in [5.41, 5.74) is 2.00. The van der Waals surface area contributed by atoms with E-state index in [0.29, 0.717) is 31.5 Å². The SMILES string of the molecule is O=C(NC(c1ccccc1)c1ccc(OC(F)F)cc1)C1CCN(C(=O)c2ccc(F)cc2)CC1. The summed E-state index contributed by atoms with van der Waals surface area (Å²) in [4.78, 5) is 27.5. The Morgan fingerprint density at radius 3 is 2.06 bits per heavy atom. The predicted molar refractivity (Wildman–Crippen MR) is 125 cm³/mol. The number of nitrogens with one attached hydrogen (secondary N) is 1. The molecule has 1 aliphatic rings. The molecule has 1 atom stereocenters. The summed E-state index contributed by atoms with van der Waals surface area (Å²) in [5, 5.41) is 3.09. The molecule has 4 rings (SSSR count). The molecule has 182 valence electrons. The number of ether oxygens (including phenoxy) is 1. The summed E-state index contributed by atoms with van der Waals surface area (Å²) in [7, 11) is 0. The summed E-state index contributed by atoms with van der Waals surface area (Å²) in [6, 6.07) is 20.5. The first-order chi connectivity index (χ1) is 16.9. The lowest BCUT2D eigenvalue weighted by molar-refractivity contribution is -0.126. The fourth-order valence-corrected chi connectivity index (χ4v) is 4.23. The number of rotatable bonds is 7. The number of halogens is 3. The zero-order chi connectivity index (χ0) is 24.8. The van der Waals surface area contributed by atoms with Crippen molar-refractivity contribution in [3.05, 3.63) is 101 Å². The topological polar surface area (TPSA) is 58.6 Å². The third-order valence-corrected chi connectivity index (χ3v) is 6.10. The smallest absolute Gasteiger partial charge is 0.387 e. The van der Waals surface area contributed by atoms with Crippen LogP contribution in [0.4, 0.5) is 13.2 Å². The number of alkyl halides is 2. The first kappa shape index (κ1) is 24.3. The highest BCUT2D eigenvalue weighted by Gasteiger charge is 2.29. The molecule has 1 fully saturated rings. The van der Waals surface area contributed by atoms with E-state index < -0.39 is 18.5 Å². The standard InChI is InChI=1S/C27H25F3N2O3/c28-22-10-6-21(7-11-22)26(34)32-16-14-20(15-17-32)25(33)31-24(18-4-2-1-3-5-18)19-8-12-23(13-9-19)35-27(29)30/h1-13,20,24,27H,14-17H2,(H,31,33). The maximum atomic E-state index is 13.2. The number of hydrogen-bond donors (Lipinski definition) is 1. The van der Waals surface area contributed by atoms with Gasteiger partial charge in [-0.05, 0) is 60.4 Å². The van der Waals surface area contributed by atoms with E-state index in [1.807, 2.05) is 30.3 Å². The second-order valence-corrected chi connectivity index (χ2v) is 8.37. The highest BCUT2D eigenvalue weighted by atomic mass is 19.3. The quantitative estimate of drug-likeness (QED) is 0.505. The molecular formula is C27H25F3N2O3. The Bertz CT molecular complexity index is 1130. The number of benzene rings is 3. The third kappa shape index (κ3) is 6.20. The molecule has 0 spiro atoms. The van der Waals surface area contributed by atoms with Crippen molar-refractivity contribution in [1.82, 2.24) is 10.2 Å². The van der Waals surface area contributed by atoms with Crippen LogP contribution in [0.2, 0.25) is 0 Å². The van der Waals surface area contributed by atoms with Gasteiger partial charge < -0.3 is 15.0 Å². The highest BCUT2D eigenvalue weighted by molar-refractivity contribution is 5.94. The van der Waals surface area contributed by atoms with Crippen molar-refractivity contribution in [3.63, 3.8) is 0 Å². The van der Waals surface area contributed by atoms with Gasteiger partial charge in [-0.1, -0.05) is 42.5 Å². The van der Waals surface area contributed by atoms with Crippen LogP contribution >= 0.6 is 0 Å². The van der Waals surface area contributed by atoms with Gasteiger partial charge in [0.2, 0.25) is 5.91 Å². The molecule has 5 nitrogen and oxygen atoms in total. The third-order valence-electron chi connectivity index (χ3n) is 6.10. The van der Waals surface area contributed by atoms with Crippen molar-refractivity contribution >= 4 is 11.8 Å². The van der Waals surface area contributed by atoms with Crippen LogP contribution < -0.4 is 10.1 Å². The molecule has 3 aromatic rings. The van der Waals surface area contributed by atoms with Gasteiger partial charge in [-0.25, -0.2) is 4.39 Å². The van der Waals surface area contributed by atoms with Crippen molar-refractivity contribution in [1.29, 1.82) is 0 Å². The largest absolute Gasteiger partial charge is 0.435 e. The maximum Gasteiger partial charge on any atom is 0.387 e. The second kappa shape index (κ2) is 11.1. The Morgan fingerprint density at radius 2 is 1.46 bits per heavy atom. The van der Waals surface area contributed by atoms with Crippen LogP contribution in [0, 0.1) is 11.7 Å². The van der Waals surface area contributed by atoms with E-state index in [4.69, 9.17) is 0 Å². The normalized spacial score (nSPS) is 15.0. The van der Waals surface area contributed by atoms with Gasteiger partial charge in [-0.15, -0.1) is 0 Å². The highest BCUT2D eigenvalue weighted by Crippen LogP contribution is 2.27. The Balaban J connectivity index is 1.42. The number of carbonyl (C=O) groups excluding carboxylic acids is 2. The molecule has 35 heavy (non-hydrogen) atoms. The summed E-state index contributed by atoms with van der Waals surface area (Å²) >= 11 is 0. The molecule has 1 saturated heterocycles. The van der Waals surface area contributed by atoms with Gasteiger partial charge >= 0.3 is 6.61 Å². The van der Waals surface area contributed by atoms with Crippen LogP contribution in [0.5, 0.6) is 5.75 Å². The fourth-order valence-electron chi connectivity index (χ4n) is 4.23. The van der Waals surface area contributed by atoms with Crippen molar-refractivity contribution < 1.29 is 27.5 Å². The van der Waals surface area contributed by atoms with E-state index in [2.05, 4.69) is 10.1 Å². The molecule has 0 aliphatic carbocycles. The summed E-state index contributed by atoms with van der Waals surface area (Å²) in [6.45, 7) is -2.07. The first-order valence-corrected chi connectivity index (χ1v) is 11.4. The number of carbonyl (C=O) groups is 2. The summed E-state index contributed by atoms with van der Waals surface area (Å²) < 4.78 is 42.6. The van der Waals surface area contributed by atoms with E-state index in [9.17, 15) is 22.8 Å². The lowest BCUT2D eigenvalue weighted by Gasteiger charge is -2.32. The van der Waals surface area contributed by atoms with E-state index in [0.717, 1.165) is 11.1 Å². The number of nitrogens with zero attached hydrogens (tertiary/aromatic N) is 1. The number of piperidine rings is 1. The van der Waals surface area contributed by atoms with Gasteiger partial charge in [0, 0.05) is 24.6 Å². The second-order valence-electron chi connectivity index (χ2n) is 8.37. The van der Waals surface area contributed by atoms with Gasteiger partial charge in [-0.2, -0.15) is 8.78 Å². The Morgan fingerprint density at radius 1 is 0.857 bits per heavy atom. The molecule has 1 aliphatic heterocycles. The molecule has 0 bridgehead atoms. The first-order valence-electron chi connectivity index (χ1n) is 11.4. The molecule has 0 radical (unpaired) electrons. The van der Waals surface area contributed by atoms with Crippen LogP contribution in [0.1, 0.15) is 40.4 Å². The van der Waals surface area contributed by atoms with E-state index >= 15 is 0 Å². The van der Waals surface area contributed by atoms with Crippen molar-refractivity contribution in [2.75, 3.05) is 13.1 Å². The summed E-state index contributed by atoms with van der Waals surface area (Å²) in [6.07, 6.45) is 1.00. The van der Waals surface area contributed by atoms with Crippen LogP contribution in [-0.4, -0.2) is 36.4 Å². The predicted octanol–water partition coefficient (Wildman–Crippen LogP) is 5.19. The number of hydrogen-bond acceptors (Lipinski definition) is 3. The van der Waals surface area contributed by atoms with Gasteiger partial charge in [0.05, 0.1) is 6.04 Å². The molecule has 3 aromatic carbocycles. The molecule has 1 heterocycles. The van der Waals surface area contributed by atoms with Gasteiger partial charge in [0.25, 0.3) is 5.91 Å². The number of amides is 2. The van der Waals surface area contributed by atoms with Crippen LogP contribution in [0.25, 0.3) is 0 Å². The average molecular weight is 483 g/mol. The summed E-state index contributed by atoms with van der Waals surface area (Å²) in [5.74, 6) is -0.959. The van der Waals surface area contributed by atoms with Crippen LogP contribution in [0.15, 0.2) is 78.9 Å². The Kier molecular flexibility index (Phi) is 7.70. The van der Waals surface area contributed by atoms with Crippen molar-refractivity contribution in [2.24, 2.45) is 5.92 Å². The van der Waals surface area contributed by atoms with E-state index in [1.54, 1.807) is 17.0 Å². The lowest BCUT2D eigenvalue weighted by atomic mass is 9.93. The van der Waals surface area contributed by atoms with E-state index in [1.165, 1.54) is 36.4 Å². The van der Waals surface area contributed by atoms with Crippen molar-refractivity contribution in [3.8, 4) is 5.75 Å². The van der Waals surface area contributed by atoms with Gasteiger partial charge in [-0.3, -0.25) is 9.59 Å². The monoisotopic (exact) mass is 482 g/mol. The Labute approximate surface area is 201 Å². The molecule has 0 aromatic heterocycles. The van der Waals surface area contributed by atoms with Crippen LogP contribution in [0.3, 0.4) is 0 Å². The molecule has 1 N–H and O–H groups in total. The minimum absolute atomic E-state index is 0.0417. The van der Waals surface area contributed by atoms with Gasteiger partial charge in [0.15, 0.2) is 0 Å². The average Bonchev–Trinajstić information content (AvgIpc) is 2.88. The zero-order valence-corrected chi connectivity index (χ0v) is 18.9. The molecule has 1 unspecified atom stereocenters. The molecular weight excluding hydrogens is 457 g/mol. The van der Waals surface area contributed by atoms with Crippen LogP contribution in [-0.2, 0) is 4.79 Å². The van der Waals surface area contributed by atoms with Crippen molar-refractivity contribution in [2.45, 2.75) is 25.5 Å². The maximum absolute atomic E-state index is 13.2. The molecule has 0 saturated carbocycles. The van der Waals surface area contributed by atoms with Gasteiger partial charge in [0.1, 0.15) is 11.6 Å². The molecule has 8 heteroatoms. The fraction of sp³-hybridized carbons (Fsp3) is 0.259. The zero-order valence-electron chi connectivity index (χ0n) is 18.9.